The number of nitrogens with one attached hydrogen (secondary N) is 1. The van der Waals surface area contributed by atoms with E-state index in [1.54, 1.807) is 0 Å². The number of nitrogens with zero attached hydrogens (tertiary/aromatic N) is 1. The van der Waals surface area contributed by atoms with E-state index >= 15 is 0 Å². The van der Waals surface area contributed by atoms with Gasteiger partial charge in [-0.3, -0.25) is 4.90 Å². The summed E-state index contributed by atoms with van der Waals surface area (Å²) in [6.07, 6.45) is 4.28. The Kier molecular flexibility index (Phi) is 3.45. The molecule has 1 heterocycles. The van der Waals surface area contributed by atoms with E-state index in [9.17, 15) is 0 Å². The molecule has 0 aromatic rings. The van der Waals surface area contributed by atoms with Gasteiger partial charge in [0.15, 0.2) is 0 Å². The molecular formula is C12H24N2. The van der Waals surface area contributed by atoms with Gasteiger partial charge in [-0.25, -0.2) is 0 Å². The third-order valence-electron chi connectivity index (χ3n) is 3.88. The van der Waals surface area contributed by atoms with Gasteiger partial charge in [0.05, 0.1) is 0 Å². The van der Waals surface area contributed by atoms with Crippen LogP contribution >= 0.6 is 0 Å². The molecule has 0 amide bonds. The van der Waals surface area contributed by atoms with Crippen LogP contribution in [0.15, 0.2) is 0 Å². The minimum absolute atomic E-state index is 0.924. The minimum atomic E-state index is 0.924. The number of likely N-dealkylation sites (tertiary alicyclic amines) is 1. The first-order valence-electron chi connectivity index (χ1n) is 6.29. The van der Waals surface area contributed by atoms with Gasteiger partial charge >= 0.3 is 0 Å². The second-order valence-corrected chi connectivity index (χ2v) is 4.93. The van der Waals surface area contributed by atoms with Crippen LogP contribution in [0.2, 0.25) is 0 Å². The molecule has 0 spiro atoms. The Labute approximate surface area is 88.1 Å². The van der Waals surface area contributed by atoms with Gasteiger partial charge in [0.1, 0.15) is 0 Å². The van der Waals surface area contributed by atoms with Gasteiger partial charge in [0, 0.05) is 12.6 Å². The fraction of sp³-hybridized carbons (Fsp3) is 1.00. The molecule has 14 heavy (non-hydrogen) atoms. The maximum absolute atomic E-state index is 3.47. The highest BCUT2D eigenvalue weighted by atomic mass is 15.2. The summed E-state index contributed by atoms with van der Waals surface area (Å²) in [7, 11) is 0. The van der Waals surface area contributed by atoms with Crippen LogP contribution in [0.3, 0.4) is 0 Å². The highest BCUT2D eigenvalue weighted by molar-refractivity contribution is 4.96. The summed E-state index contributed by atoms with van der Waals surface area (Å²) >= 11 is 0. The van der Waals surface area contributed by atoms with Crippen LogP contribution in [0.4, 0.5) is 0 Å². The lowest BCUT2D eigenvalue weighted by Gasteiger charge is -2.16. The molecule has 2 nitrogen and oxygen atoms in total. The Morgan fingerprint density at radius 2 is 2.21 bits per heavy atom. The quantitative estimate of drug-likeness (QED) is 0.720. The van der Waals surface area contributed by atoms with Crippen molar-refractivity contribution in [2.24, 2.45) is 11.8 Å². The first kappa shape index (κ1) is 10.4. The maximum Gasteiger partial charge on any atom is 0.0127 e. The molecule has 0 aromatic heterocycles. The van der Waals surface area contributed by atoms with Gasteiger partial charge in [0.2, 0.25) is 0 Å². The van der Waals surface area contributed by atoms with E-state index in [0.29, 0.717) is 0 Å². The highest BCUT2D eigenvalue weighted by Gasteiger charge is 2.42. The zero-order chi connectivity index (χ0) is 9.97. The fourth-order valence-corrected chi connectivity index (χ4v) is 2.80. The number of rotatable bonds is 5. The fourth-order valence-electron chi connectivity index (χ4n) is 2.80. The SMILES string of the molecule is CCNCC1CCN(C2CC2CC)C1. The monoisotopic (exact) mass is 196 g/mol. The lowest BCUT2D eigenvalue weighted by atomic mass is 10.1. The third kappa shape index (κ3) is 2.29. The van der Waals surface area contributed by atoms with Crippen LogP contribution in [-0.4, -0.2) is 37.1 Å². The van der Waals surface area contributed by atoms with E-state index in [4.69, 9.17) is 0 Å². The molecule has 3 atom stereocenters. The van der Waals surface area contributed by atoms with Gasteiger partial charge in [-0.05, 0) is 44.3 Å². The normalized spacial score (nSPS) is 37.7. The summed E-state index contributed by atoms with van der Waals surface area (Å²) in [6, 6.07) is 0.964. The van der Waals surface area contributed by atoms with Crippen molar-refractivity contribution < 1.29 is 0 Å². The van der Waals surface area contributed by atoms with Crippen molar-refractivity contribution in [2.75, 3.05) is 26.2 Å². The van der Waals surface area contributed by atoms with Crippen LogP contribution < -0.4 is 5.32 Å². The second kappa shape index (κ2) is 4.63. The van der Waals surface area contributed by atoms with Crippen LogP contribution in [-0.2, 0) is 0 Å². The average molecular weight is 196 g/mol. The molecule has 82 valence electrons. The van der Waals surface area contributed by atoms with Crippen molar-refractivity contribution in [2.45, 2.75) is 39.2 Å². The summed E-state index contributed by atoms with van der Waals surface area (Å²) in [5, 5.41) is 3.47. The Balaban J connectivity index is 1.68. The molecular weight excluding hydrogens is 172 g/mol. The smallest absolute Gasteiger partial charge is 0.0127 e. The molecule has 0 aromatic carbocycles. The lowest BCUT2D eigenvalue weighted by Crippen LogP contribution is -2.28. The molecule has 2 aliphatic rings. The van der Waals surface area contributed by atoms with Crippen LogP contribution in [0.1, 0.15) is 33.1 Å². The molecule has 1 saturated heterocycles. The van der Waals surface area contributed by atoms with E-state index in [1.165, 1.54) is 38.9 Å². The molecule has 1 aliphatic carbocycles. The summed E-state index contributed by atoms with van der Waals surface area (Å²) in [5.41, 5.74) is 0. The lowest BCUT2D eigenvalue weighted by molar-refractivity contribution is 0.296. The number of hydrogen-bond donors (Lipinski definition) is 1. The first-order chi connectivity index (χ1) is 6.85. The zero-order valence-electron chi connectivity index (χ0n) is 9.63. The maximum atomic E-state index is 3.47. The molecule has 2 rings (SSSR count). The predicted molar refractivity (Wildman–Crippen MR) is 60.4 cm³/mol. The van der Waals surface area contributed by atoms with Crippen molar-refractivity contribution in [1.82, 2.24) is 10.2 Å². The van der Waals surface area contributed by atoms with Gasteiger partial charge in [-0.2, -0.15) is 0 Å². The van der Waals surface area contributed by atoms with E-state index in [-0.39, 0.29) is 0 Å². The van der Waals surface area contributed by atoms with Crippen LogP contribution in [0.5, 0.6) is 0 Å². The molecule has 0 bridgehead atoms. The zero-order valence-corrected chi connectivity index (χ0v) is 9.63. The summed E-state index contributed by atoms with van der Waals surface area (Å²) in [5.74, 6) is 1.96. The van der Waals surface area contributed by atoms with Crippen molar-refractivity contribution >= 4 is 0 Å². The van der Waals surface area contributed by atoms with E-state index in [2.05, 4.69) is 24.1 Å². The summed E-state index contributed by atoms with van der Waals surface area (Å²) in [4.78, 5) is 2.73. The Bertz CT molecular complexity index is 181. The van der Waals surface area contributed by atoms with Crippen molar-refractivity contribution in [3.63, 3.8) is 0 Å². The Hall–Kier alpha value is -0.0800. The van der Waals surface area contributed by atoms with Crippen molar-refractivity contribution in [3.05, 3.63) is 0 Å². The Morgan fingerprint density at radius 1 is 1.36 bits per heavy atom. The summed E-state index contributed by atoms with van der Waals surface area (Å²) in [6.45, 7) is 9.59. The van der Waals surface area contributed by atoms with Gasteiger partial charge in [-0.15, -0.1) is 0 Å². The van der Waals surface area contributed by atoms with E-state index in [0.717, 1.165) is 24.4 Å². The second-order valence-electron chi connectivity index (χ2n) is 4.93. The molecule has 2 fully saturated rings. The first-order valence-corrected chi connectivity index (χ1v) is 6.29. The van der Waals surface area contributed by atoms with E-state index in [1.807, 2.05) is 0 Å². The minimum Gasteiger partial charge on any atom is -0.317 e. The third-order valence-corrected chi connectivity index (χ3v) is 3.88. The average Bonchev–Trinajstić information content (AvgIpc) is 2.86. The topological polar surface area (TPSA) is 15.3 Å². The Morgan fingerprint density at radius 3 is 2.86 bits per heavy atom. The van der Waals surface area contributed by atoms with Gasteiger partial charge < -0.3 is 5.32 Å². The van der Waals surface area contributed by atoms with Gasteiger partial charge in [-0.1, -0.05) is 20.3 Å². The number of hydrogen-bond acceptors (Lipinski definition) is 2. The van der Waals surface area contributed by atoms with Crippen molar-refractivity contribution in [1.29, 1.82) is 0 Å². The molecule has 0 radical (unpaired) electrons. The standard InChI is InChI=1S/C12H24N2/c1-3-11-7-12(11)14-6-5-10(9-14)8-13-4-2/h10-13H,3-9H2,1-2H3. The largest absolute Gasteiger partial charge is 0.317 e. The summed E-state index contributed by atoms with van der Waals surface area (Å²) < 4.78 is 0. The highest BCUT2D eigenvalue weighted by Crippen LogP contribution is 2.40. The van der Waals surface area contributed by atoms with Crippen molar-refractivity contribution in [3.8, 4) is 0 Å². The molecule has 2 heteroatoms. The van der Waals surface area contributed by atoms with Gasteiger partial charge in [0.25, 0.3) is 0 Å². The predicted octanol–water partition coefficient (Wildman–Crippen LogP) is 1.72. The molecule has 1 N–H and O–H groups in total. The van der Waals surface area contributed by atoms with Crippen LogP contribution in [0, 0.1) is 11.8 Å². The van der Waals surface area contributed by atoms with Crippen LogP contribution in [0.25, 0.3) is 0 Å². The molecule has 1 aliphatic heterocycles. The molecule has 3 unspecified atom stereocenters. The molecule has 1 saturated carbocycles. The van der Waals surface area contributed by atoms with E-state index < -0.39 is 0 Å².